The molecule has 0 saturated heterocycles. The number of phenols is 2. The minimum atomic E-state index is 0.241. The van der Waals surface area contributed by atoms with E-state index in [-0.39, 0.29) is 5.75 Å². The van der Waals surface area contributed by atoms with Gasteiger partial charge < -0.3 is 10.2 Å². The summed E-state index contributed by atoms with van der Waals surface area (Å²) in [5, 5.41) is 19.5. The second-order valence-electron chi connectivity index (χ2n) is 4.40. The summed E-state index contributed by atoms with van der Waals surface area (Å²) in [6, 6.07) is 9.14. The molecule has 17 heavy (non-hydrogen) atoms. The molecule has 0 saturated carbocycles. The zero-order valence-corrected chi connectivity index (χ0v) is 10.3. The molecule has 2 nitrogen and oxygen atoms in total. The normalized spacial score (nSPS) is 10.5. The first-order valence-corrected chi connectivity index (χ1v) is 5.60. The van der Waals surface area contributed by atoms with E-state index in [1.165, 1.54) is 0 Å². The maximum atomic E-state index is 9.95. The van der Waals surface area contributed by atoms with Gasteiger partial charge in [0.25, 0.3) is 0 Å². The number of aromatic hydroxyl groups is 2. The van der Waals surface area contributed by atoms with Crippen LogP contribution in [0.5, 0.6) is 11.5 Å². The summed E-state index contributed by atoms with van der Waals surface area (Å²) in [5.41, 5.74) is 4.70. The zero-order chi connectivity index (χ0) is 12.6. The van der Waals surface area contributed by atoms with E-state index in [0.29, 0.717) is 5.75 Å². The summed E-state index contributed by atoms with van der Waals surface area (Å²) >= 11 is 0. The van der Waals surface area contributed by atoms with E-state index < -0.39 is 0 Å². The summed E-state index contributed by atoms with van der Waals surface area (Å²) in [7, 11) is 0. The first-order chi connectivity index (χ1) is 8.00. The van der Waals surface area contributed by atoms with Crippen molar-refractivity contribution < 1.29 is 10.2 Å². The summed E-state index contributed by atoms with van der Waals surface area (Å²) in [6.45, 7) is 5.76. The van der Waals surface area contributed by atoms with Crippen LogP contribution in [0.1, 0.15) is 16.7 Å². The largest absolute Gasteiger partial charge is 0.508 e. The molecule has 2 rings (SSSR count). The Kier molecular flexibility index (Phi) is 2.80. The van der Waals surface area contributed by atoms with Gasteiger partial charge in [-0.25, -0.2) is 0 Å². The maximum absolute atomic E-state index is 9.95. The third-order valence-electron chi connectivity index (χ3n) is 3.14. The molecule has 88 valence electrons. The fraction of sp³-hybridized carbons (Fsp3) is 0.200. The zero-order valence-electron chi connectivity index (χ0n) is 10.3. The molecule has 0 atom stereocenters. The topological polar surface area (TPSA) is 40.5 Å². The quantitative estimate of drug-likeness (QED) is 0.781. The predicted molar refractivity (Wildman–Crippen MR) is 69.4 cm³/mol. The second kappa shape index (κ2) is 4.13. The van der Waals surface area contributed by atoms with Crippen molar-refractivity contribution in [3.8, 4) is 22.6 Å². The van der Waals surface area contributed by atoms with Crippen LogP contribution in [-0.2, 0) is 0 Å². The molecule has 0 fully saturated rings. The van der Waals surface area contributed by atoms with Crippen LogP contribution < -0.4 is 0 Å². The van der Waals surface area contributed by atoms with Gasteiger partial charge in [-0.3, -0.25) is 0 Å². The summed E-state index contributed by atoms with van der Waals surface area (Å²) in [4.78, 5) is 0. The standard InChI is InChI=1S/C15H16O2/c1-9-4-6-12(16)8-14(9)13-7-5-10(2)15(17)11(13)3/h4-8,16-17H,1-3H3. The second-order valence-corrected chi connectivity index (χ2v) is 4.40. The van der Waals surface area contributed by atoms with Crippen molar-refractivity contribution in [2.24, 2.45) is 0 Å². The molecule has 0 spiro atoms. The average Bonchev–Trinajstić information content (AvgIpc) is 2.30. The van der Waals surface area contributed by atoms with Crippen LogP contribution in [0.3, 0.4) is 0 Å². The molecule has 0 aromatic heterocycles. The SMILES string of the molecule is Cc1ccc(O)cc1-c1ccc(C)c(O)c1C. The molecule has 0 aliphatic heterocycles. The molecular formula is C15H16O2. The van der Waals surface area contributed by atoms with Crippen LogP contribution >= 0.6 is 0 Å². The van der Waals surface area contributed by atoms with Gasteiger partial charge in [-0.2, -0.15) is 0 Å². The summed E-state index contributed by atoms with van der Waals surface area (Å²) in [6.07, 6.45) is 0. The van der Waals surface area contributed by atoms with Gasteiger partial charge in [0.1, 0.15) is 11.5 Å². The van der Waals surface area contributed by atoms with Crippen LogP contribution in [0.2, 0.25) is 0 Å². The van der Waals surface area contributed by atoms with Gasteiger partial charge in [0, 0.05) is 0 Å². The van der Waals surface area contributed by atoms with Crippen LogP contribution in [0.4, 0.5) is 0 Å². The molecule has 2 aromatic carbocycles. The molecule has 0 amide bonds. The lowest BCUT2D eigenvalue weighted by Gasteiger charge is -2.12. The summed E-state index contributed by atoms with van der Waals surface area (Å²) in [5.74, 6) is 0.565. The van der Waals surface area contributed by atoms with Gasteiger partial charge in [0.05, 0.1) is 0 Å². The molecule has 0 unspecified atom stereocenters. The minimum absolute atomic E-state index is 0.241. The van der Waals surface area contributed by atoms with Crippen molar-refractivity contribution in [3.05, 3.63) is 47.0 Å². The van der Waals surface area contributed by atoms with Crippen molar-refractivity contribution in [1.29, 1.82) is 0 Å². The van der Waals surface area contributed by atoms with E-state index in [9.17, 15) is 10.2 Å². The predicted octanol–water partition coefficient (Wildman–Crippen LogP) is 3.69. The van der Waals surface area contributed by atoms with Crippen molar-refractivity contribution in [2.75, 3.05) is 0 Å². The lowest BCUT2D eigenvalue weighted by molar-refractivity contribution is 0.467. The Labute approximate surface area is 101 Å². The van der Waals surface area contributed by atoms with Gasteiger partial charge in [-0.1, -0.05) is 18.2 Å². The third kappa shape index (κ3) is 1.98. The first-order valence-electron chi connectivity index (χ1n) is 5.60. The van der Waals surface area contributed by atoms with E-state index >= 15 is 0 Å². The molecular weight excluding hydrogens is 212 g/mol. The average molecular weight is 228 g/mol. The maximum Gasteiger partial charge on any atom is 0.122 e. The van der Waals surface area contributed by atoms with Crippen molar-refractivity contribution in [3.63, 3.8) is 0 Å². The highest BCUT2D eigenvalue weighted by Gasteiger charge is 2.10. The van der Waals surface area contributed by atoms with Crippen molar-refractivity contribution in [2.45, 2.75) is 20.8 Å². The van der Waals surface area contributed by atoms with Gasteiger partial charge in [0.15, 0.2) is 0 Å². The number of aryl methyl sites for hydroxylation is 2. The lowest BCUT2D eigenvalue weighted by Crippen LogP contribution is -1.89. The third-order valence-corrected chi connectivity index (χ3v) is 3.14. The monoisotopic (exact) mass is 228 g/mol. The molecule has 0 bridgehead atoms. The number of hydrogen-bond acceptors (Lipinski definition) is 2. The van der Waals surface area contributed by atoms with Crippen molar-refractivity contribution >= 4 is 0 Å². The van der Waals surface area contributed by atoms with E-state index in [0.717, 1.165) is 27.8 Å². The Morgan fingerprint density at radius 3 is 2.12 bits per heavy atom. The first kappa shape index (κ1) is 11.5. The highest BCUT2D eigenvalue weighted by molar-refractivity contribution is 5.74. The number of benzene rings is 2. The van der Waals surface area contributed by atoms with Crippen LogP contribution in [-0.4, -0.2) is 10.2 Å². The Hall–Kier alpha value is -1.96. The number of rotatable bonds is 1. The minimum Gasteiger partial charge on any atom is -0.508 e. The molecule has 2 aromatic rings. The van der Waals surface area contributed by atoms with E-state index in [1.54, 1.807) is 12.1 Å². The number of phenolic OH excluding ortho intramolecular Hbond substituents is 2. The van der Waals surface area contributed by atoms with Crippen LogP contribution in [0.15, 0.2) is 30.3 Å². The van der Waals surface area contributed by atoms with Crippen LogP contribution in [0, 0.1) is 20.8 Å². The Bertz CT molecular complexity index is 571. The van der Waals surface area contributed by atoms with Gasteiger partial charge in [0.2, 0.25) is 0 Å². The molecule has 0 radical (unpaired) electrons. The number of hydrogen-bond donors (Lipinski definition) is 2. The fourth-order valence-corrected chi connectivity index (χ4v) is 2.03. The lowest BCUT2D eigenvalue weighted by atomic mass is 9.94. The highest BCUT2D eigenvalue weighted by Crippen LogP contribution is 2.34. The van der Waals surface area contributed by atoms with E-state index in [4.69, 9.17) is 0 Å². The fourth-order valence-electron chi connectivity index (χ4n) is 2.03. The molecule has 2 heteroatoms. The van der Waals surface area contributed by atoms with Gasteiger partial charge in [-0.15, -0.1) is 0 Å². The Balaban J connectivity index is 2.69. The smallest absolute Gasteiger partial charge is 0.122 e. The van der Waals surface area contributed by atoms with Gasteiger partial charge in [-0.05, 0) is 60.7 Å². The molecule has 2 N–H and O–H groups in total. The molecule has 0 aliphatic rings. The van der Waals surface area contributed by atoms with Gasteiger partial charge >= 0.3 is 0 Å². The van der Waals surface area contributed by atoms with Crippen LogP contribution in [0.25, 0.3) is 11.1 Å². The highest BCUT2D eigenvalue weighted by atomic mass is 16.3. The molecule has 0 aliphatic carbocycles. The Morgan fingerprint density at radius 1 is 0.765 bits per heavy atom. The van der Waals surface area contributed by atoms with Crippen molar-refractivity contribution in [1.82, 2.24) is 0 Å². The Morgan fingerprint density at radius 2 is 1.41 bits per heavy atom. The van der Waals surface area contributed by atoms with E-state index in [1.807, 2.05) is 39.0 Å². The molecule has 0 heterocycles. The summed E-state index contributed by atoms with van der Waals surface area (Å²) < 4.78 is 0. The van der Waals surface area contributed by atoms with E-state index in [2.05, 4.69) is 0 Å².